The van der Waals surface area contributed by atoms with Crippen LogP contribution >= 0.6 is 12.4 Å². The zero-order chi connectivity index (χ0) is 12.6. The lowest BCUT2D eigenvalue weighted by atomic mass is 9.90. The van der Waals surface area contributed by atoms with Crippen LogP contribution in [0, 0.1) is 6.92 Å². The van der Waals surface area contributed by atoms with Crippen LogP contribution in [0.1, 0.15) is 24.8 Å². The molecule has 5 heteroatoms. The van der Waals surface area contributed by atoms with Crippen LogP contribution < -0.4 is 5.32 Å². The Labute approximate surface area is 119 Å². The van der Waals surface area contributed by atoms with Gasteiger partial charge in [0.2, 0.25) is 11.7 Å². The molecule has 0 radical (unpaired) electrons. The van der Waals surface area contributed by atoms with E-state index in [-0.39, 0.29) is 17.8 Å². The lowest BCUT2D eigenvalue weighted by Crippen LogP contribution is -2.25. The monoisotopic (exact) mass is 279 g/mol. The van der Waals surface area contributed by atoms with E-state index in [9.17, 15) is 0 Å². The Bertz CT molecular complexity index is 544. The topological polar surface area (TPSA) is 51.0 Å². The van der Waals surface area contributed by atoms with Crippen LogP contribution in [0.4, 0.5) is 0 Å². The normalized spacial score (nSPS) is 22.2. The van der Waals surface area contributed by atoms with Crippen LogP contribution in [-0.4, -0.2) is 23.2 Å². The minimum atomic E-state index is -0.0179. The molecule has 4 nitrogen and oxygen atoms in total. The van der Waals surface area contributed by atoms with Crippen LogP contribution in [0.2, 0.25) is 0 Å². The first-order valence-corrected chi connectivity index (χ1v) is 6.29. The quantitative estimate of drug-likeness (QED) is 0.918. The molecular weight excluding hydrogens is 262 g/mol. The van der Waals surface area contributed by atoms with Crippen molar-refractivity contribution in [1.29, 1.82) is 0 Å². The van der Waals surface area contributed by atoms with E-state index < -0.39 is 0 Å². The van der Waals surface area contributed by atoms with Gasteiger partial charge in [-0.2, -0.15) is 4.98 Å². The summed E-state index contributed by atoms with van der Waals surface area (Å²) in [4.78, 5) is 4.55. The Morgan fingerprint density at radius 1 is 1.26 bits per heavy atom. The molecule has 2 heterocycles. The van der Waals surface area contributed by atoms with Crippen molar-refractivity contribution in [1.82, 2.24) is 15.5 Å². The van der Waals surface area contributed by atoms with E-state index in [0.717, 1.165) is 31.0 Å². The van der Waals surface area contributed by atoms with Crippen LogP contribution in [0.5, 0.6) is 0 Å². The van der Waals surface area contributed by atoms with E-state index in [2.05, 4.69) is 41.4 Å². The maximum Gasteiger partial charge on any atom is 0.234 e. The number of aromatic nitrogens is 2. The molecule has 3 rings (SSSR count). The van der Waals surface area contributed by atoms with Crippen molar-refractivity contribution >= 4 is 12.4 Å². The molecule has 1 aliphatic heterocycles. The van der Waals surface area contributed by atoms with Gasteiger partial charge in [-0.05, 0) is 26.8 Å². The number of benzene rings is 1. The molecule has 1 aromatic heterocycles. The largest absolute Gasteiger partial charge is 0.338 e. The number of nitrogens with zero attached hydrogens (tertiary/aromatic N) is 2. The Balaban J connectivity index is 0.00000133. The number of halogens is 1. The molecule has 19 heavy (non-hydrogen) atoms. The summed E-state index contributed by atoms with van der Waals surface area (Å²) >= 11 is 0. The van der Waals surface area contributed by atoms with Gasteiger partial charge in [-0.3, -0.25) is 0 Å². The lowest BCUT2D eigenvalue weighted by molar-refractivity contribution is 0.306. The molecule has 0 saturated carbocycles. The third kappa shape index (κ3) is 2.65. The number of hydrogen-bond acceptors (Lipinski definition) is 4. The van der Waals surface area contributed by atoms with Crippen LogP contribution in [0.15, 0.2) is 28.8 Å². The van der Waals surface area contributed by atoms with Crippen molar-refractivity contribution in [2.24, 2.45) is 0 Å². The Kier molecular flexibility index (Phi) is 3.92. The van der Waals surface area contributed by atoms with Gasteiger partial charge < -0.3 is 9.84 Å². The first-order valence-electron chi connectivity index (χ1n) is 6.29. The highest BCUT2D eigenvalue weighted by Crippen LogP contribution is 2.30. The highest BCUT2D eigenvalue weighted by Gasteiger charge is 2.36. The minimum Gasteiger partial charge on any atom is -0.338 e. The van der Waals surface area contributed by atoms with Crippen molar-refractivity contribution < 1.29 is 4.52 Å². The summed E-state index contributed by atoms with van der Waals surface area (Å²) < 4.78 is 5.44. The molecule has 0 spiro atoms. The molecule has 1 unspecified atom stereocenters. The van der Waals surface area contributed by atoms with Gasteiger partial charge in [0.1, 0.15) is 0 Å². The number of nitrogens with one attached hydrogen (secondary N) is 1. The molecule has 1 saturated heterocycles. The number of rotatable bonds is 2. The minimum absolute atomic E-state index is 0. The van der Waals surface area contributed by atoms with Gasteiger partial charge in [-0.1, -0.05) is 35.0 Å². The van der Waals surface area contributed by atoms with Gasteiger partial charge in [-0.25, -0.2) is 0 Å². The van der Waals surface area contributed by atoms with Crippen molar-refractivity contribution in [3.63, 3.8) is 0 Å². The summed E-state index contributed by atoms with van der Waals surface area (Å²) in [6.07, 6.45) is 1.04. The summed E-state index contributed by atoms with van der Waals surface area (Å²) in [5.74, 6) is 1.42. The first kappa shape index (κ1) is 14.0. The van der Waals surface area contributed by atoms with Crippen molar-refractivity contribution in [3.05, 3.63) is 35.7 Å². The SMILES string of the molecule is Cc1ccc(-c2noc(C3(C)CCNC3)n2)cc1.Cl. The summed E-state index contributed by atoms with van der Waals surface area (Å²) in [7, 11) is 0. The molecule has 1 fully saturated rings. The molecule has 0 amide bonds. The second-order valence-corrected chi connectivity index (χ2v) is 5.28. The molecule has 1 N–H and O–H groups in total. The van der Waals surface area contributed by atoms with Gasteiger partial charge in [0, 0.05) is 12.1 Å². The van der Waals surface area contributed by atoms with Crippen molar-refractivity contribution in [2.45, 2.75) is 25.7 Å². The standard InChI is InChI=1S/C14H17N3O.ClH/c1-10-3-5-11(6-4-10)12-16-13(18-17-12)14(2)7-8-15-9-14;/h3-6,15H,7-9H2,1-2H3;1H. The molecule has 0 bridgehead atoms. The van der Waals surface area contributed by atoms with E-state index in [1.54, 1.807) is 0 Å². The molecular formula is C14H18ClN3O. The third-order valence-electron chi connectivity index (χ3n) is 3.62. The fourth-order valence-corrected chi connectivity index (χ4v) is 2.29. The maximum absolute atomic E-state index is 5.44. The van der Waals surface area contributed by atoms with E-state index >= 15 is 0 Å². The predicted octanol–water partition coefficient (Wildman–Crippen LogP) is 2.72. The average Bonchev–Trinajstić information content (AvgIpc) is 2.99. The predicted molar refractivity (Wildman–Crippen MR) is 76.6 cm³/mol. The van der Waals surface area contributed by atoms with Gasteiger partial charge in [-0.15, -0.1) is 12.4 Å². The molecule has 1 aliphatic rings. The Morgan fingerprint density at radius 2 is 2.00 bits per heavy atom. The third-order valence-corrected chi connectivity index (χ3v) is 3.62. The van der Waals surface area contributed by atoms with Crippen molar-refractivity contribution in [3.8, 4) is 11.4 Å². The van der Waals surface area contributed by atoms with E-state index in [0.29, 0.717) is 5.82 Å². The molecule has 2 aromatic rings. The summed E-state index contributed by atoms with van der Waals surface area (Å²) in [5.41, 5.74) is 2.22. The van der Waals surface area contributed by atoms with Crippen LogP contribution in [0.3, 0.4) is 0 Å². The van der Waals surface area contributed by atoms with Gasteiger partial charge in [0.25, 0.3) is 0 Å². The van der Waals surface area contributed by atoms with Crippen molar-refractivity contribution in [2.75, 3.05) is 13.1 Å². The fourth-order valence-electron chi connectivity index (χ4n) is 2.29. The van der Waals surface area contributed by atoms with Gasteiger partial charge >= 0.3 is 0 Å². The van der Waals surface area contributed by atoms with Crippen LogP contribution in [0.25, 0.3) is 11.4 Å². The average molecular weight is 280 g/mol. The van der Waals surface area contributed by atoms with E-state index in [1.165, 1.54) is 5.56 Å². The van der Waals surface area contributed by atoms with Gasteiger partial charge in [0.05, 0.1) is 5.41 Å². The molecule has 102 valence electrons. The maximum atomic E-state index is 5.44. The van der Waals surface area contributed by atoms with E-state index in [1.807, 2.05) is 12.1 Å². The zero-order valence-corrected chi connectivity index (χ0v) is 12.0. The number of hydrogen-bond donors (Lipinski definition) is 1. The smallest absolute Gasteiger partial charge is 0.234 e. The second kappa shape index (κ2) is 5.31. The molecule has 1 atom stereocenters. The summed E-state index contributed by atoms with van der Waals surface area (Å²) in [6, 6.07) is 8.17. The Hall–Kier alpha value is -1.39. The number of aryl methyl sites for hydroxylation is 1. The first-order chi connectivity index (χ1) is 8.67. The highest BCUT2D eigenvalue weighted by molar-refractivity contribution is 5.85. The fraction of sp³-hybridized carbons (Fsp3) is 0.429. The summed E-state index contributed by atoms with van der Waals surface area (Å²) in [5, 5.41) is 7.43. The lowest BCUT2D eigenvalue weighted by Gasteiger charge is -2.15. The molecule has 0 aliphatic carbocycles. The zero-order valence-electron chi connectivity index (χ0n) is 11.1. The Morgan fingerprint density at radius 3 is 2.63 bits per heavy atom. The second-order valence-electron chi connectivity index (χ2n) is 5.28. The van der Waals surface area contributed by atoms with Crippen LogP contribution in [-0.2, 0) is 5.41 Å². The molecule has 1 aromatic carbocycles. The van der Waals surface area contributed by atoms with E-state index in [4.69, 9.17) is 4.52 Å². The highest BCUT2D eigenvalue weighted by atomic mass is 35.5. The van der Waals surface area contributed by atoms with Gasteiger partial charge in [0.15, 0.2) is 0 Å². The summed E-state index contributed by atoms with van der Waals surface area (Å²) in [6.45, 7) is 6.15.